The van der Waals surface area contributed by atoms with Gasteiger partial charge in [-0.25, -0.2) is 0 Å². The number of carboxylic acids is 1. The SMILES string of the molecule is CC(C)(C)OC(Sc1ccc(OC(=O)C2(c3ccc4c(c3)CCCC4)CCC2)cc1)C(C)(C)C(=O)O. The first-order valence-corrected chi connectivity index (χ1v) is 13.8. The first-order valence-electron chi connectivity index (χ1n) is 12.9. The van der Waals surface area contributed by atoms with Crippen LogP contribution in [0.15, 0.2) is 47.4 Å². The van der Waals surface area contributed by atoms with E-state index in [1.165, 1.54) is 35.7 Å². The van der Waals surface area contributed by atoms with Gasteiger partial charge in [-0.1, -0.05) is 36.4 Å². The summed E-state index contributed by atoms with van der Waals surface area (Å²) in [7, 11) is 0. The highest BCUT2D eigenvalue weighted by Crippen LogP contribution is 2.46. The fourth-order valence-electron chi connectivity index (χ4n) is 4.83. The molecular formula is C30H38O5S. The molecule has 1 fully saturated rings. The van der Waals surface area contributed by atoms with Gasteiger partial charge in [-0.15, -0.1) is 0 Å². The zero-order valence-electron chi connectivity index (χ0n) is 22.1. The minimum atomic E-state index is -1.09. The molecule has 2 aliphatic rings. The van der Waals surface area contributed by atoms with Gasteiger partial charge in [-0.2, -0.15) is 0 Å². The Kier molecular flexibility index (Phi) is 7.59. The van der Waals surface area contributed by atoms with E-state index in [9.17, 15) is 14.7 Å². The van der Waals surface area contributed by atoms with E-state index in [1.807, 2.05) is 32.9 Å². The van der Waals surface area contributed by atoms with Crippen molar-refractivity contribution in [2.24, 2.45) is 5.41 Å². The molecule has 4 rings (SSSR count). The number of ether oxygens (including phenoxy) is 2. The molecule has 0 heterocycles. The average Bonchev–Trinajstić information content (AvgIpc) is 2.78. The van der Waals surface area contributed by atoms with Crippen molar-refractivity contribution in [1.82, 2.24) is 0 Å². The number of thioether (sulfide) groups is 1. The molecule has 2 aromatic rings. The Labute approximate surface area is 219 Å². The van der Waals surface area contributed by atoms with Crippen LogP contribution in [0, 0.1) is 5.41 Å². The van der Waals surface area contributed by atoms with E-state index in [1.54, 1.807) is 26.0 Å². The van der Waals surface area contributed by atoms with Crippen molar-refractivity contribution in [3.8, 4) is 5.75 Å². The van der Waals surface area contributed by atoms with Gasteiger partial charge in [0.05, 0.1) is 16.4 Å². The first-order chi connectivity index (χ1) is 16.9. The number of aliphatic carboxylic acids is 1. The maximum Gasteiger partial charge on any atom is 0.321 e. The van der Waals surface area contributed by atoms with Crippen LogP contribution < -0.4 is 4.74 Å². The molecule has 1 unspecified atom stereocenters. The smallest absolute Gasteiger partial charge is 0.321 e. The van der Waals surface area contributed by atoms with Gasteiger partial charge in [0, 0.05) is 4.90 Å². The second kappa shape index (κ2) is 10.2. The minimum absolute atomic E-state index is 0.189. The van der Waals surface area contributed by atoms with Crippen LogP contribution in [0.3, 0.4) is 0 Å². The number of carboxylic acid groups (broad SMARTS) is 1. The summed E-state index contributed by atoms with van der Waals surface area (Å²) in [6.45, 7) is 9.10. The average molecular weight is 511 g/mol. The van der Waals surface area contributed by atoms with Crippen molar-refractivity contribution in [3.05, 3.63) is 59.2 Å². The zero-order chi connectivity index (χ0) is 26.1. The monoisotopic (exact) mass is 510 g/mol. The third-order valence-electron chi connectivity index (χ3n) is 7.38. The van der Waals surface area contributed by atoms with E-state index in [4.69, 9.17) is 9.47 Å². The van der Waals surface area contributed by atoms with Crippen LogP contribution >= 0.6 is 11.8 Å². The number of fused-ring (bicyclic) bond motifs is 1. The molecule has 2 aromatic carbocycles. The van der Waals surface area contributed by atoms with E-state index in [0.29, 0.717) is 5.75 Å². The molecule has 0 spiro atoms. The summed E-state index contributed by atoms with van der Waals surface area (Å²) >= 11 is 1.37. The van der Waals surface area contributed by atoms with Crippen molar-refractivity contribution < 1.29 is 24.2 Å². The van der Waals surface area contributed by atoms with Gasteiger partial charge in [0.2, 0.25) is 0 Å². The molecule has 1 atom stereocenters. The molecule has 0 amide bonds. The fourth-order valence-corrected chi connectivity index (χ4v) is 6.10. The molecular weight excluding hydrogens is 472 g/mol. The highest BCUT2D eigenvalue weighted by molar-refractivity contribution is 7.99. The van der Waals surface area contributed by atoms with Crippen LogP contribution in [0.4, 0.5) is 0 Å². The van der Waals surface area contributed by atoms with Crippen molar-refractivity contribution in [2.45, 2.75) is 101 Å². The number of rotatable bonds is 8. The second-order valence-corrected chi connectivity index (χ2v) is 12.8. The summed E-state index contributed by atoms with van der Waals surface area (Å²) in [5, 5.41) is 9.74. The summed E-state index contributed by atoms with van der Waals surface area (Å²) in [5.41, 5.74) is 1.16. The van der Waals surface area contributed by atoms with Crippen LogP contribution in [0.2, 0.25) is 0 Å². The number of aryl methyl sites for hydroxylation is 2. The molecule has 0 radical (unpaired) electrons. The van der Waals surface area contributed by atoms with E-state index < -0.39 is 27.8 Å². The summed E-state index contributed by atoms with van der Waals surface area (Å²) in [4.78, 5) is 26.1. The summed E-state index contributed by atoms with van der Waals surface area (Å²) < 4.78 is 12.0. The maximum absolute atomic E-state index is 13.4. The van der Waals surface area contributed by atoms with Gasteiger partial charge in [0.25, 0.3) is 0 Å². The van der Waals surface area contributed by atoms with E-state index >= 15 is 0 Å². The number of esters is 1. The lowest BCUT2D eigenvalue weighted by molar-refractivity contribution is -0.156. The lowest BCUT2D eigenvalue weighted by atomic mass is 9.64. The zero-order valence-corrected chi connectivity index (χ0v) is 22.9. The molecule has 2 aliphatic carbocycles. The summed E-state index contributed by atoms with van der Waals surface area (Å²) in [6, 6.07) is 13.9. The topological polar surface area (TPSA) is 72.8 Å². The van der Waals surface area contributed by atoms with Crippen LogP contribution in [0.25, 0.3) is 0 Å². The Balaban J connectivity index is 1.48. The molecule has 5 nitrogen and oxygen atoms in total. The van der Waals surface area contributed by atoms with Gasteiger partial charge < -0.3 is 14.6 Å². The fraction of sp³-hybridized carbons (Fsp3) is 0.533. The number of benzene rings is 2. The first kappa shape index (κ1) is 26.7. The van der Waals surface area contributed by atoms with E-state index in [-0.39, 0.29) is 5.97 Å². The normalized spacial score (nSPS) is 18.0. The molecule has 0 aromatic heterocycles. The molecule has 36 heavy (non-hydrogen) atoms. The Morgan fingerprint density at radius 1 is 0.917 bits per heavy atom. The lowest BCUT2D eigenvalue weighted by Crippen LogP contribution is -2.45. The summed E-state index contributed by atoms with van der Waals surface area (Å²) in [6.07, 6.45) is 7.32. The predicted octanol–water partition coefficient (Wildman–Crippen LogP) is 6.94. The van der Waals surface area contributed by atoms with Crippen molar-refractivity contribution in [2.75, 3.05) is 0 Å². The molecule has 0 bridgehead atoms. The quantitative estimate of drug-likeness (QED) is 0.180. The number of carbonyl (C=O) groups excluding carboxylic acids is 1. The Hall–Kier alpha value is -2.31. The highest BCUT2D eigenvalue weighted by atomic mass is 32.2. The van der Waals surface area contributed by atoms with Gasteiger partial charge >= 0.3 is 11.9 Å². The van der Waals surface area contributed by atoms with Gasteiger partial charge in [0.1, 0.15) is 11.2 Å². The summed E-state index contributed by atoms with van der Waals surface area (Å²) in [5.74, 6) is -0.604. The van der Waals surface area contributed by atoms with Crippen LogP contribution in [-0.2, 0) is 32.6 Å². The third-order valence-corrected chi connectivity index (χ3v) is 8.82. The molecule has 6 heteroatoms. The number of hydrogen-bond donors (Lipinski definition) is 1. The standard InChI is InChI=1S/C30H38O5S/c1-28(2,3)35-27(29(4,5)25(31)32)36-24-15-13-23(14-16-24)34-26(33)30(17-8-18-30)22-12-11-20-9-6-7-10-21(20)19-22/h11-16,19,27H,6-10,17-18H2,1-5H3,(H,31,32). The van der Waals surface area contributed by atoms with Crippen molar-refractivity contribution in [1.29, 1.82) is 0 Å². The van der Waals surface area contributed by atoms with E-state index in [0.717, 1.165) is 42.6 Å². The highest BCUT2D eigenvalue weighted by Gasteiger charge is 2.47. The molecule has 1 saturated carbocycles. The van der Waals surface area contributed by atoms with Crippen molar-refractivity contribution in [3.63, 3.8) is 0 Å². The maximum atomic E-state index is 13.4. The Morgan fingerprint density at radius 3 is 2.11 bits per heavy atom. The molecule has 1 N–H and O–H groups in total. The predicted molar refractivity (Wildman–Crippen MR) is 143 cm³/mol. The molecule has 0 aliphatic heterocycles. The van der Waals surface area contributed by atoms with Gasteiger partial charge in [0.15, 0.2) is 0 Å². The van der Waals surface area contributed by atoms with Gasteiger partial charge in [-0.3, -0.25) is 9.59 Å². The van der Waals surface area contributed by atoms with Crippen LogP contribution in [-0.4, -0.2) is 28.1 Å². The largest absolute Gasteiger partial charge is 0.481 e. The Morgan fingerprint density at radius 2 is 1.56 bits per heavy atom. The minimum Gasteiger partial charge on any atom is -0.481 e. The Bertz CT molecular complexity index is 1110. The van der Waals surface area contributed by atoms with Crippen LogP contribution in [0.5, 0.6) is 5.75 Å². The van der Waals surface area contributed by atoms with Crippen LogP contribution in [0.1, 0.15) is 83.4 Å². The number of hydrogen-bond acceptors (Lipinski definition) is 5. The van der Waals surface area contributed by atoms with E-state index in [2.05, 4.69) is 18.2 Å². The second-order valence-electron chi connectivity index (χ2n) is 11.7. The molecule has 194 valence electrons. The van der Waals surface area contributed by atoms with Gasteiger partial charge in [-0.05, 0) is 114 Å². The third kappa shape index (κ3) is 5.65. The molecule has 0 saturated heterocycles. The lowest BCUT2D eigenvalue weighted by Gasteiger charge is -2.40. The number of carbonyl (C=O) groups is 2. The van der Waals surface area contributed by atoms with Crippen molar-refractivity contribution >= 4 is 23.7 Å².